The van der Waals surface area contributed by atoms with Crippen molar-refractivity contribution in [1.82, 2.24) is 20.1 Å². The number of rotatable bonds is 7. The molecule has 3 rings (SSSR count). The number of hydrogen-bond donors (Lipinski definition) is 1. The van der Waals surface area contributed by atoms with Crippen LogP contribution in [0.25, 0.3) is 11.3 Å². The van der Waals surface area contributed by atoms with Crippen LogP contribution in [0.4, 0.5) is 0 Å². The van der Waals surface area contributed by atoms with E-state index in [0.717, 1.165) is 22.6 Å². The lowest BCUT2D eigenvalue weighted by atomic mass is 10.1. The first-order chi connectivity index (χ1) is 12.2. The number of benzene rings is 1. The third-order valence-corrected chi connectivity index (χ3v) is 4.69. The van der Waals surface area contributed by atoms with Crippen molar-refractivity contribution in [2.45, 2.75) is 12.3 Å². The molecule has 0 aliphatic carbocycles. The molecule has 1 aromatic carbocycles. The fraction of sp³-hybridized carbons (Fsp3) is 0.211. The number of hydrogen-bond acceptors (Lipinski definition) is 4. The van der Waals surface area contributed by atoms with E-state index in [4.69, 9.17) is 0 Å². The quantitative estimate of drug-likeness (QED) is 0.710. The van der Waals surface area contributed by atoms with Gasteiger partial charge in [-0.3, -0.25) is 14.5 Å². The first kappa shape index (κ1) is 17.2. The average Bonchev–Trinajstić information content (AvgIpc) is 3.07. The maximum atomic E-state index is 12.1. The van der Waals surface area contributed by atoms with Gasteiger partial charge in [-0.05, 0) is 17.2 Å². The lowest BCUT2D eigenvalue weighted by Gasteiger charge is -2.09. The van der Waals surface area contributed by atoms with Crippen molar-refractivity contribution in [3.05, 3.63) is 72.2 Å². The van der Waals surface area contributed by atoms with Crippen LogP contribution in [0.1, 0.15) is 11.1 Å². The van der Waals surface area contributed by atoms with Crippen LogP contribution in [0.3, 0.4) is 0 Å². The van der Waals surface area contributed by atoms with Gasteiger partial charge in [0.05, 0.1) is 17.6 Å². The molecule has 0 spiro atoms. The molecular weight excluding hydrogens is 332 g/mol. The maximum absolute atomic E-state index is 12.1. The number of aryl methyl sites for hydroxylation is 1. The van der Waals surface area contributed by atoms with Crippen molar-refractivity contribution in [2.24, 2.45) is 7.05 Å². The number of carbonyl (C=O) groups excluding carboxylic acids is 1. The summed E-state index contributed by atoms with van der Waals surface area (Å²) in [4.78, 5) is 16.5. The summed E-state index contributed by atoms with van der Waals surface area (Å²) in [6.45, 7) is 0.461. The number of nitrogens with one attached hydrogen (secondary N) is 1. The van der Waals surface area contributed by atoms with E-state index in [1.54, 1.807) is 28.8 Å². The number of nitrogens with zero attached hydrogens (tertiary/aromatic N) is 3. The molecule has 0 aliphatic rings. The molecule has 1 N–H and O–H groups in total. The van der Waals surface area contributed by atoms with Crippen molar-refractivity contribution in [1.29, 1.82) is 0 Å². The predicted octanol–water partition coefficient (Wildman–Crippen LogP) is 3.03. The van der Waals surface area contributed by atoms with Gasteiger partial charge in [0, 0.05) is 37.3 Å². The van der Waals surface area contributed by atoms with E-state index in [1.807, 2.05) is 43.6 Å². The van der Waals surface area contributed by atoms with E-state index in [1.165, 1.54) is 5.56 Å². The van der Waals surface area contributed by atoms with Gasteiger partial charge < -0.3 is 5.32 Å². The van der Waals surface area contributed by atoms with Crippen LogP contribution in [-0.2, 0) is 24.1 Å². The highest BCUT2D eigenvalue weighted by Crippen LogP contribution is 2.20. The van der Waals surface area contributed by atoms with Gasteiger partial charge in [-0.25, -0.2) is 0 Å². The van der Waals surface area contributed by atoms with Crippen LogP contribution in [0.2, 0.25) is 0 Å². The van der Waals surface area contributed by atoms with E-state index in [0.29, 0.717) is 12.3 Å². The highest BCUT2D eigenvalue weighted by Gasteiger charge is 2.09. The molecule has 5 nitrogen and oxygen atoms in total. The smallest absolute Gasteiger partial charge is 0.230 e. The van der Waals surface area contributed by atoms with Crippen LogP contribution >= 0.6 is 11.8 Å². The molecular formula is C19H20N4OS. The van der Waals surface area contributed by atoms with E-state index in [-0.39, 0.29) is 5.91 Å². The zero-order chi connectivity index (χ0) is 17.5. The molecule has 0 aliphatic heterocycles. The molecule has 128 valence electrons. The summed E-state index contributed by atoms with van der Waals surface area (Å²) in [5, 5.41) is 7.16. The van der Waals surface area contributed by atoms with Crippen molar-refractivity contribution in [2.75, 3.05) is 5.75 Å². The Morgan fingerprint density at radius 3 is 2.80 bits per heavy atom. The van der Waals surface area contributed by atoms with Gasteiger partial charge in [-0.2, -0.15) is 5.10 Å². The Hall–Kier alpha value is -2.60. The molecule has 0 fully saturated rings. The Morgan fingerprint density at radius 2 is 2.04 bits per heavy atom. The van der Waals surface area contributed by atoms with Crippen molar-refractivity contribution < 1.29 is 4.79 Å². The Labute approximate surface area is 151 Å². The Balaban J connectivity index is 1.52. The van der Waals surface area contributed by atoms with Crippen LogP contribution in [-0.4, -0.2) is 26.4 Å². The first-order valence-electron chi connectivity index (χ1n) is 8.03. The molecule has 0 unspecified atom stereocenters. The number of thioether (sulfide) groups is 1. The van der Waals surface area contributed by atoms with Gasteiger partial charge in [0.2, 0.25) is 5.91 Å². The van der Waals surface area contributed by atoms with E-state index in [2.05, 4.69) is 27.5 Å². The molecule has 2 heterocycles. The minimum Gasteiger partial charge on any atom is -0.351 e. The van der Waals surface area contributed by atoms with E-state index >= 15 is 0 Å². The van der Waals surface area contributed by atoms with Gasteiger partial charge in [-0.1, -0.05) is 36.4 Å². The van der Waals surface area contributed by atoms with Gasteiger partial charge in [-0.15, -0.1) is 11.8 Å². The SMILES string of the molecule is Cn1cc(-c2ncccc2CNC(=O)CSCc2ccccc2)cn1. The summed E-state index contributed by atoms with van der Waals surface area (Å²) < 4.78 is 1.74. The predicted molar refractivity (Wildman–Crippen MR) is 101 cm³/mol. The molecule has 0 bridgehead atoms. The number of amides is 1. The maximum Gasteiger partial charge on any atom is 0.230 e. The second-order valence-electron chi connectivity index (χ2n) is 5.67. The Morgan fingerprint density at radius 1 is 1.20 bits per heavy atom. The molecule has 0 saturated heterocycles. The molecule has 1 amide bonds. The van der Waals surface area contributed by atoms with Crippen LogP contribution < -0.4 is 5.32 Å². The third-order valence-electron chi connectivity index (χ3n) is 3.69. The lowest BCUT2D eigenvalue weighted by Crippen LogP contribution is -2.25. The molecule has 0 atom stereocenters. The van der Waals surface area contributed by atoms with E-state index in [9.17, 15) is 4.79 Å². The summed E-state index contributed by atoms with van der Waals surface area (Å²) in [5.41, 5.74) is 4.02. The molecule has 3 aromatic rings. The average molecular weight is 352 g/mol. The molecule has 2 aromatic heterocycles. The fourth-order valence-corrected chi connectivity index (χ4v) is 3.28. The summed E-state index contributed by atoms with van der Waals surface area (Å²) in [6.07, 6.45) is 5.45. The van der Waals surface area contributed by atoms with Crippen molar-refractivity contribution in [3.63, 3.8) is 0 Å². The molecule has 0 saturated carbocycles. The van der Waals surface area contributed by atoms with Gasteiger partial charge in [0.1, 0.15) is 0 Å². The zero-order valence-electron chi connectivity index (χ0n) is 14.1. The van der Waals surface area contributed by atoms with Gasteiger partial charge in [0.25, 0.3) is 0 Å². The second-order valence-corrected chi connectivity index (χ2v) is 6.65. The standard InChI is InChI=1S/C19H20N4OS/c1-23-12-17(11-22-23)19-16(8-5-9-20-19)10-21-18(24)14-25-13-15-6-3-2-4-7-15/h2-9,11-12H,10,13-14H2,1H3,(H,21,24). The lowest BCUT2D eigenvalue weighted by molar-refractivity contribution is -0.118. The first-order valence-corrected chi connectivity index (χ1v) is 9.19. The third kappa shape index (κ3) is 4.93. The number of carbonyl (C=O) groups is 1. The Kier molecular flexibility index (Phi) is 5.85. The Bertz CT molecular complexity index is 832. The van der Waals surface area contributed by atoms with Crippen molar-refractivity contribution in [3.8, 4) is 11.3 Å². The van der Waals surface area contributed by atoms with Gasteiger partial charge >= 0.3 is 0 Å². The summed E-state index contributed by atoms with van der Waals surface area (Å²) in [5.74, 6) is 1.31. The zero-order valence-corrected chi connectivity index (χ0v) is 14.9. The molecule has 0 radical (unpaired) electrons. The van der Waals surface area contributed by atoms with Crippen LogP contribution in [0.15, 0.2) is 61.1 Å². The molecule has 6 heteroatoms. The number of aromatic nitrogens is 3. The van der Waals surface area contributed by atoms with Crippen molar-refractivity contribution >= 4 is 17.7 Å². The highest BCUT2D eigenvalue weighted by molar-refractivity contribution is 7.99. The monoisotopic (exact) mass is 352 g/mol. The van der Waals surface area contributed by atoms with Crippen LogP contribution in [0, 0.1) is 0 Å². The largest absolute Gasteiger partial charge is 0.351 e. The summed E-state index contributed by atoms with van der Waals surface area (Å²) in [6, 6.07) is 14.0. The minimum absolute atomic E-state index is 0.0296. The van der Waals surface area contributed by atoms with E-state index < -0.39 is 0 Å². The van der Waals surface area contributed by atoms with Crippen LogP contribution in [0.5, 0.6) is 0 Å². The summed E-state index contributed by atoms with van der Waals surface area (Å²) in [7, 11) is 1.87. The minimum atomic E-state index is 0.0296. The van der Waals surface area contributed by atoms with Gasteiger partial charge in [0.15, 0.2) is 0 Å². The normalized spacial score (nSPS) is 10.6. The fourth-order valence-electron chi connectivity index (χ4n) is 2.47. The summed E-state index contributed by atoms with van der Waals surface area (Å²) >= 11 is 1.61. The highest BCUT2D eigenvalue weighted by atomic mass is 32.2. The molecule has 25 heavy (non-hydrogen) atoms. The topological polar surface area (TPSA) is 59.8 Å². The second kappa shape index (κ2) is 8.48. The number of pyridine rings is 1.